The van der Waals surface area contributed by atoms with Gasteiger partial charge in [-0.15, -0.1) is 0 Å². The summed E-state index contributed by atoms with van der Waals surface area (Å²) >= 11 is 11.7. The normalized spacial score (nSPS) is 13.7. The van der Waals surface area contributed by atoms with Gasteiger partial charge >= 0.3 is 0 Å². The van der Waals surface area contributed by atoms with E-state index in [1.165, 1.54) is 36.0 Å². The Morgan fingerprint density at radius 2 is 1.72 bits per heavy atom. The molecule has 0 bridgehead atoms. The van der Waals surface area contributed by atoms with Gasteiger partial charge in [-0.1, -0.05) is 35.3 Å². The molecule has 0 radical (unpaired) electrons. The van der Waals surface area contributed by atoms with E-state index in [1.807, 2.05) is 12.1 Å². The molecule has 0 fully saturated rings. The van der Waals surface area contributed by atoms with E-state index in [1.54, 1.807) is 6.07 Å². The van der Waals surface area contributed by atoms with E-state index in [-0.39, 0.29) is 14.9 Å². The lowest BCUT2D eigenvalue weighted by molar-refractivity contribution is 0.601. The van der Waals surface area contributed by atoms with Gasteiger partial charge in [0.05, 0.1) is 27.5 Å². The van der Waals surface area contributed by atoms with E-state index in [4.69, 9.17) is 23.2 Å². The number of rotatable bonds is 4. The first-order chi connectivity index (χ1) is 13.9. The molecule has 4 rings (SSSR count). The Hall–Kier alpha value is -2.35. The first-order valence-corrected chi connectivity index (χ1v) is 11.3. The number of nitrogens with one attached hydrogen (secondary N) is 1. The SMILES string of the molecule is O=c1c(Cl)c(Cl)cnn1-c1ccc(S(=O)(=O)Nc2cccc3c2CCCC3)cc1. The van der Waals surface area contributed by atoms with E-state index in [0.717, 1.165) is 35.9 Å². The number of hydrogen-bond acceptors (Lipinski definition) is 4. The summed E-state index contributed by atoms with van der Waals surface area (Å²) in [5.74, 6) is 0. The van der Waals surface area contributed by atoms with Crippen molar-refractivity contribution in [1.82, 2.24) is 9.78 Å². The molecule has 0 saturated carbocycles. The molecule has 1 aliphatic carbocycles. The number of nitrogens with zero attached hydrogens (tertiary/aromatic N) is 2. The maximum atomic E-state index is 12.9. The number of anilines is 1. The summed E-state index contributed by atoms with van der Waals surface area (Å²) in [4.78, 5) is 12.3. The zero-order valence-electron chi connectivity index (χ0n) is 15.2. The molecule has 29 heavy (non-hydrogen) atoms. The van der Waals surface area contributed by atoms with Gasteiger partial charge in [-0.3, -0.25) is 9.52 Å². The molecule has 1 aliphatic rings. The van der Waals surface area contributed by atoms with Crippen molar-refractivity contribution in [2.24, 2.45) is 0 Å². The summed E-state index contributed by atoms with van der Waals surface area (Å²) < 4.78 is 29.5. The third kappa shape index (κ3) is 3.90. The van der Waals surface area contributed by atoms with E-state index in [2.05, 4.69) is 9.82 Å². The Labute approximate surface area is 178 Å². The molecule has 1 heterocycles. The smallest absolute Gasteiger partial charge is 0.279 e. The van der Waals surface area contributed by atoms with Crippen molar-refractivity contribution in [3.63, 3.8) is 0 Å². The van der Waals surface area contributed by atoms with Crippen molar-refractivity contribution in [2.75, 3.05) is 4.72 Å². The summed E-state index contributed by atoms with van der Waals surface area (Å²) in [7, 11) is -3.78. The Morgan fingerprint density at radius 1 is 1.00 bits per heavy atom. The van der Waals surface area contributed by atoms with Gasteiger partial charge in [-0.05, 0) is 67.1 Å². The summed E-state index contributed by atoms with van der Waals surface area (Å²) in [5, 5.41) is 3.85. The molecule has 3 aromatic rings. The van der Waals surface area contributed by atoms with Crippen molar-refractivity contribution >= 4 is 38.9 Å². The number of aryl methyl sites for hydroxylation is 1. The highest BCUT2D eigenvalue weighted by Crippen LogP contribution is 2.29. The molecule has 150 valence electrons. The van der Waals surface area contributed by atoms with Gasteiger partial charge in [0.15, 0.2) is 0 Å². The van der Waals surface area contributed by atoms with Crippen LogP contribution in [0.25, 0.3) is 5.69 Å². The third-order valence-corrected chi connectivity index (χ3v) is 7.04. The highest BCUT2D eigenvalue weighted by atomic mass is 35.5. The van der Waals surface area contributed by atoms with E-state index in [0.29, 0.717) is 11.4 Å². The van der Waals surface area contributed by atoms with Crippen LogP contribution in [-0.4, -0.2) is 18.2 Å². The quantitative estimate of drug-likeness (QED) is 0.646. The number of fused-ring (bicyclic) bond motifs is 1. The molecular formula is C20H17Cl2N3O3S. The van der Waals surface area contributed by atoms with Crippen LogP contribution in [0.15, 0.2) is 58.4 Å². The molecule has 1 aromatic heterocycles. The highest BCUT2D eigenvalue weighted by molar-refractivity contribution is 7.92. The van der Waals surface area contributed by atoms with Crippen molar-refractivity contribution in [1.29, 1.82) is 0 Å². The Bertz CT molecular complexity index is 1240. The zero-order valence-corrected chi connectivity index (χ0v) is 17.6. The van der Waals surface area contributed by atoms with Gasteiger partial charge in [0, 0.05) is 0 Å². The van der Waals surface area contributed by atoms with Gasteiger partial charge < -0.3 is 0 Å². The zero-order chi connectivity index (χ0) is 20.6. The first kappa shape index (κ1) is 19.9. The summed E-state index contributed by atoms with van der Waals surface area (Å²) in [5.41, 5.74) is 2.67. The fourth-order valence-electron chi connectivity index (χ4n) is 3.44. The number of benzene rings is 2. The molecule has 0 amide bonds. The lowest BCUT2D eigenvalue weighted by atomic mass is 9.91. The van der Waals surface area contributed by atoms with Crippen LogP contribution < -0.4 is 10.3 Å². The van der Waals surface area contributed by atoms with Crippen LogP contribution in [0, 0.1) is 0 Å². The van der Waals surface area contributed by atoms with E-state index < -0.39 is 15.6 Å². The lowest BCUT2D eigenvalue weighted by Crippen LogP contribution is -2.21. The van der Waals surface area contributed by atoms with Crippen LogP contribution in [0.1, 0.15) is 24.0 Å². The molecule has 0 spiro atoms. The van der Waals surface area contributed by atoms with Crippen LogP contribution in [0.3, 0.4) is 0 Å². The second-order valence-corrected chi connectivity index (χ2v) is 9.24. The molecular weight excluding hydrogens is 433 g/mol. The standard InChI is InChI=1S/C20H17Cl2N3O3S/c21-17-12-23-25(20(26)19(17)22)14-8-10-15(11-9-14)29(27,28)24-18-7-3-5-13-4-1-2-6-16(13)18/h3,5,7-12,24H,1-2,4,6H2. The maximum Gasteiger partial charge on any atom is 0.291 e. The first-order valence-electron chi connectivity index (χ1n) is 9.04. The summed E-state index contributed by atoms with van der Waals surface area (Å²) in [6.45, 7) is 0. The molecule has 9 heteroatoms. The third-order valence-electron chi connectivity index (χ3n) is 4.91. The van der Waals surface area contributed by atoms with Crippen molar-refractivity contribution in [2.45, 2.75) is 30.6 Å². The predicted molar refractivity (Wildman–Crippen MR) is 114 cm³/mol. The predicted octanol–water partition coefficient (Wildman–Crippen LogP) is 4.22. The second-order valence-electron chi connectivity index (χ2n) is 6.77. The molecule has 6 nitrogen and oxygen atoms in total. The van der Waals surface area contributed by atoms with Gasteiger partial charge in [0.1, 0.15) is 5.02 Å². The second kappa shape index (κ2) is 7.82. The summed E-state index contributed by atoms with van der Waals surface area (Å²) in [6.07, 6.45) is 5.25. The summed E-state index contributed by atoms with van der Waals surface area (Å²) in [6, 6.07) is 11.5. The van der Waals surface area contributed by atoms with Gasteiger partial charge in [0.2, 0.25) is 0 Å². The topological polar surface area (TPSA) is 81.1 Å². The molecule has 0 atom stereocenters. The average molecular weight is 450 g/mol. The molecule has 1 N–H and O–H groups in total. The van der Waals surface area contributed by atoms with E-state index in [9.17, 15) is 13.2 Å². The number of sulfonamides is 1. The van der Waals surface area contributed by atoms with Gasteiger partial charge in [-0.2, -0.15) is 9.78 Å². The van der Waals surface area contributed by atoms with Crippen LogP contribution in [0.4, 0.5) is 5.69 Å². The minimum Gasteiger partial charge on any atom is -0.279 e. The van der Waals surface area contributed by atoms with Crippen LogP contribution in [0.2, 0.25) is 10.0 Å². The van der Waals surface area contributed by atoms with Crippen molar-refractivity contribution < 1.29 is 8.42 Å². The highest BCUT2D eigenvalue weighted by Gasteiger charge is 2.19. The molecule has 0 aliphatic heterocycles. The monoisotopic (exact) mass is 449 g/mol. The van der Waals surface area contributed by atoms with E-state index >= 15 is 0 Å². The Morgan fingerprint density at radius 3 is 2.48 bits per heavy atom. The molecule has 0 saturated heterocycles. The fraction of sp³-hybridized carbons (Fsp3) is 0.200. The lowest BCUT2D eigenvalue weighted by Gasteiger charge is -2.20. The number of hydrogen-bond donors (Lipinski definition) is 1. The van der Waals surface area contributed by atoms with Crippen LogP contribution in [-0.2, 0) is 22.9 Å². The van der Waals surface area contributed by atoms with Gasteiger partial charge in [-0.25, -0.2) is 8.42 Å². The number of halogens is 2. The Balaban J connectivity index is 1.64. The van der Waals surface area contributed by atoms with Crippen molar-refractivity contribution in [3.8, 4) is 5.69 Å². The average Bonchev–Trinajstić information content (AvgIpc) is 2.72. The molecule has 2 aromatic carbocycles. The maximum absolute atomic E-state index is 12.9. The Kier molecular flexibility index (Phi) is 5.38. The fourth-order valence-corrected chi connectivity index (χ4v) is 4.79. The minimum absolute atomic E-state index is 0.0579. The largest absolute Gasteiger partial charge is 0.291 e. The van der Waals surface area contributed by atoms with Crippen LogP contribution in [0.5, 0.6) is 0 Å². The minimum atomic E-state index is -3.78. The molecule has 0 unspecified atom stereocenters. The van der Waals surface area contributed by atoms with Gasteiger partial charge in [0.25, 0.3) is 15.6 Å². The van der Waals surface area contributed by atoms with Crippen LogP contribution >= 0.6 is 23.2 Å². The number of aromatic nitrogens is 2. The van der Waals surface area contributed by atoms with Crippen molar-refractivity contribution in [3.05, 3.63) is 80.2 Å².